The molecule has 0 saturated heterocycles. The molecular formula is C7H14O3S. The Balaban J connectivity index is 4.25. The molecule has 0 aliphatic heterocycles. The van der Waals surface area contributed by atoms with E-state index < -0.39 is 10.1 Å². The van der Waals surface area contributed by atoms with Crippen LogP contribution in [0.15, 0.2) is 11.0 Å². The third kappa shape index (κ3) is 3.53. The highest BCUT2D eigenvalue weighted by Crippen LogP contribution is 2.07. The molecule has 66 valence electrons. The Kier molecular flexibility index (Phi) is 4.37. The van der Waals surface area contributed by atoms with Crippen molar-refractivity contribution in [3.63, 3.8) is 0 Å². The van der Waals surface area contributed by atoms with Crippen LogP contribution in [0.4, 0.5) is 0 Å². The highest BCUT2D eigenvalue weighted by atomic mass is 32.2. The van der Waals surface area contributed by atoms with Gasteiger partial charge in [0.05, 0.1) is 11.5 Å². The van der Waals surface area contributed by atoms with E-state index in [-0.39, 0.29) is 11.5 Å². The molecule has 0 aromatic heterocycles. The maximum absolute atomic E-state index is 11.0. The molecule has 0 bridgehead atoms. The van der Waals surface area contributed by atoms with Crippen molar-refractivity contribution in [2.24, 2.45) is 0 Å². The van der Waals surface area contributed by atoms with Crippen molar-refractivity contribution >= 4 is 10.1 Å². The Bertz CT molecular complexity index is 226. The quantitative estimate of drug-likeness (QED) is 0.615. The van der Waals surface area contributed by atoms with Crippen LogP contribution >= 0.6 is 0 Å². The molecule has 0 aliphatic carbocycles. The summed E-state index contributed by atoms with van der Waals surface area (Å²) >= 11 is 0. The summed E-state index contributed by atoms with van der Waals surface area (Å²) in [6.45, 7) is 5.31. The van der Waals surface area contributed by atoms with E-state index in [0.717, 1.165) is 0 Å². The van der Waals surface area contributed by atoms with E-state index in [2.05, 4.69) is 4.18 Å². The predicted molar refractivity (Wildman–Crippen MR) is 44.6 cm³/mol. The fourth-order valence-corrected chi connectivity index (χ4v) is 1.29. The first-order valence-corrected chi connectivity index (χ1v) is 4.97. The average Bonchev–Trinajstić information content (AvgIpc) is 1.99. The molecule has 0 saturated carbocycles. The fraction of sp³-hybridized carbons (Fsp3) is 0.714. The van der Waals surface area contributed by atoms with Gasteiger partial charge in [-0.25, -0.2) is 0 Å². The van der Waals surface area contributed by atoms with E-state index in [0.29, 0.717) is 6.42 Å². The Hall–Kier alpha value is -0.350. The molecule has 0 N–H and O–H groups in total. The zero-order valence-electron chi connectivity index (χ0n) is 7.12. The van der Waals surface area contributed by atoms with E-state index in [9.17, 15) is 8.42 Å². The van der Waals surface area contributed by atoms with Crippen LogP contribution in [0, 0.1) is 0 Å². The maximum Gasteiger partial charge on any atom is 0.292 e. The number of rotatable bonds is 4. The van der Waals surface area contributed by atoms with E-state index >= 15 is 0 Å². The Morgan fingerprint density at radius 3 is 2.45 bits per heavy atom. The predicted octanol–water partition coefficient (Wildman–Crippen LogP) is 1.67. The van der Waals surface area contributed by atoms with Gasteiger partial charge in [-0.15, -0.1) is 0 Å². The molecule has 11 heavy (non-hydrogen) atoms. The number of hydrogen-bond donors (Lipinski definition) is 0. The van der Waals surface area contributed by atoms with Gasteiger partial charge in [-0.2, -0.15) is 8.42 Å². The van der Waals surface area contributed by atoms with Crippen molar-refractivity contribution < 1.29 is 12.6 Å². The Morgan fingerprint density at radius 1 is 1.55 bits per heavy atom. The highest BCUT2D eigenvalue weighted by molar-refractivity contribution is 7.90. The molecular weight excluding hydrogens is 164 g/mol. The summed E-state index contributed by atoms with van der Waals surface area (Å²) in [6.07, 6.45) is 2.22. The lowest BCUT2D eigenvalue weighted by Gasteiger charge is -2.02. The van der Waals surface area contributed by atoms with E-state index in [1.54, 1.807) is 6.92 Å². The molecule has 0 radical (unpaired) electrons. The minimum atomic E-state index is -3.41. The van der Waals surface area contributed by atoms with Gasteiger partial charge in [0.1, 0.15) is 0 Å². The summed E-state index contributed by atoms with van der Waals surface area (Å²) in [5.41, 5.74) is 0. The molecule has 3 nitrogen and oxygen atoms in total. The smallest absolute Gasteiger partial charge is 0.267 e. The summed E-state index contributed by atoms with van der Waals surface area (Å²) in [6, 6.07) is 0. The lowest BCUT2D eigenvalue weighted by atomic mass is 10.5. The molecule has 0 heterocycles. The topological polar surface area (TPSA) is 43.4 Å². The van der Waals surface area contributed by atoms with Crippen LogP contribution in [-0.4, -0.2) is 15.0 Å². The summed E-state index contributed by atoms with van der Waals surface area (Å²) in [5, 5.41) is 0. The minimum Gasteiger partial charge on any atom is -0.267 e. The van der Waals surface area contributed by atoms with Crippen molar-refractivity contribution in [1.29, 1.82) is 0 Å². The lowest BCUT2D eigenvalue weighted by Crippen LogP contribution is -2.07. The SMILES string of the molecule is CC=C(C)S(=O)(=O)OCCC. The molecule has 0 aromatic rings. The van der Waals surface area contributed by atoms with Gasteiger partial charge in [-0.1, -0.05) is 13.0 Å². The first-order valence-electron chi connectivity index (χ1n) is 3.57. The molecule has 0 aliphatic rings. The van der Waals surface area contributed by atoms with Gasteiger partial charge in [0, 0.05) is 0 Å². The van der Waals surface area contributed by atoms with Crippen molar-refractivity contribution in [2.45, 2.75) is 27.2 Å². The first-order chi connectivity index (χ1) is 5.04. The Labute approximate surface area is 68.2 Å². The molecule has 4 heteroatoms. The van der Waals surface area contributed by atoms with Crippen LogP contribution in [0.3, 0.4) is 0 Å². The van der Waals surface area contributed by atoms with Gasteiger partial charge in [-0.05, 0) is 20.3 Å². The summed E-state index contributed by atoms with van der Waals surface area (Å²) < 4.78 is 26.7. The highest BCUT2D eigenvalue weighted by Gasteiger charge is 2.11. The number of hydrogen-bond acceptors (Lipinski definition) is 3. The zero-order valence-corrected chi connectivity index (χ0v) is 7.94. The normalized spacial score (nSPS) is 13.5. The van der Waals surface area contributed by atoms with E-state index in [4.69, 9.17) is 0 Å². The number of allylic oxidation sites excluding steroid dienone is 2. The summed E-state index contributed by atoms with van der Waals surface area (Å²) in [5.74, 6) is 0. The standard InChI is InChI=1S/C7H14O3S/c1-4-6-10-11(8,9)7(3)5-2/h5H,4,6H2,1-3H3. The second kappa shape index (κ2) is 4.51. The fourth-order valence-electron chi connectivity index (χ4n) is 0.430. The zero-order chi connectivity index (χ0) is 8.91. The molecule has 0 amide bonds. The van der Waals surface area contributed by atoms with Crippen LogP contribution in [0.2, 0.25) is 0 Å². The van der Waals surface area contributed by atoms with Crippen molar-refractivity contribution in [1.82, 2.24) is 0 Å². The molecule has 0 atom stereocenters. The van der Waals surface area contributed by atoms with Gasteiger partial charge in [0.25, 0.3) is 10.1 Å². The average molecular weight is 178 g/mol. The van der Waals surface area contributed by atoms with Gasteiger partial charge >= 0.3 is 0 Å². The van der Waals surface area contributed by atoms with Crippen molar-refractivity contribution in [3.8, 4) is 0 Å². The second-order valence-electron chi connectivity index (χ2n) is 2.18. The summed E-state index contributed by atoms with van der Waals surface area (Å²) in [7, 11) is -3.41. The Morgan fingerprint density at radius 2 is 2.09 bits per heavy atom. The molecule has 0 spiro atoms. The van der Waals surface area contributed by atoms with Gasteiger partial charge in [0.15, 0.2) is 0 Å². The minimum absolute atomic E-state index is 0.257. The van der Waals surface area contributed by atoms with E-state index in [1.165, 1.54) is 13.0 Å². The third-order valence-corrected chi connectivity index (χ3v) is 2.74. The van der Waals surface area contributed by atoms with Crippen molar-refractivity contribution in [2.75, 3.05) is 6.61 Å². The van der Waals surface area contributed by atoms with E-state index in [1.807, 2.05) is 6.92 Å². The largest absolute Gasteiger partial charge is 0.292 e. The van der Waals surface area contributed by atoms with Crippen molar-refractivity contribution in [3.05, 3.63) is 11.0 Å². The van der Waals surface area contributed by atoms with Gasteiger partial charge in [-0.3, -0.25) is 4.18 Å². The van der Waals surface area contributed by atoms with Crippen LogP contribution < -0.4 is 0 Å². The lowest BCUT2D eigenvalue weighted by molar-refractivity contribution is 0.322. The monoisotopic (exact) mass is 178 g/mol. The van der Waals surface area contributed by atoms with Crippen LogP contribution in [0.25, 0.3) is 0 Å². The molecule has 0 unspecified atom stereocenters. The molecule has 0 fully saturated rings. The van der Waals surface area contributed by atoms with Gasteiger partial charge < -0.3 is 0 Å². The van der Waals surface area contributed by atoms with Crippen LogP contribution in [0.5, 0.6) is 0 Å². The third-order valence-electron chi connectivity index (χ3n) is 1.24. The molecule has 0 rings (SSSR count). The van der Waals surface area contributed by atoms with Gasteiger partial charge in [0.2, 0.25) is 0 Å². The maximum atomic E-state index is 11.0. The summed E-state index contributed by atoms with van der Waals surface area (Å²) in [4.78, 5) is 0.269. The second-order valence-corrected chi connectivity index (χ2v) is 3.96. The first kappa shape index (κ1) is 10.7. The van der Waals surface area contributed by atoms with Crippen LogP contribution in [0.1, 0.15) is 27.2 Å². The molecule has 0 aromatic carbocycles. The van der Waals surface area contributed by atoms with Crippen LogP contribution in [-0.2, 0) is 14.3 Å².